The van der Waals surface area contributed by atoms with Gasteiger partial charge in [0.2, 0.25) is 5.91 Å². The summed E-state index contributed by atoms with van der Waals surface area (Å²) >= 11 is 1.65. The van der Waals surface area contributed by atoms with Crippen LogP contribution in [0, 0.1) is 5.92 Å². The zero-order valence-electron chi connectivity index (χ0n) is 14.7. The zero-order valence-corrected chi connectivity index (χ0v) is 15.5. The van der Waals surface area contributed by atoms with Gasteiger partial charge in [0, 0.05) is 10.9 Å². The van der Waals surface area contributed by atoms with Crippen LogP contribution in [0.25, 0.3) is 10.2 Å². The van der Waals surface area contributed by atoms with Gasteiger partial charge < -0.3 is 5.32 Å². The molecule has 134 valence electrons. The molecule has 0 bridgehead atoms. The summed E-state index contributed by atoms with van der Waals surface area (Å²) in [6.45, 7) is 2.26. The molecule has 4 rings (SSSR count). The highest BCUT2D eigenvalue weighted by Gasteiger charge is 2.24. The maximum absolute atomic E-state index is 12.9. The zero-order chi connectivity index (χ0) is 17.4. The maximum atomic E-state index is 12.9. The molecule has 1 N–H and O–H groups in total. The number of carbonyl (C=O) groups is 1. The van der Waals surface area contributed by atoms with Crippen LogP contribution in [0.3, 0.4) is 0 Å². The van der Waals surface area contributed by atoms with Crippen LogP contribution in [0.5, 0.6) is 0 Å². The first-order chi connectivity index (χ1) is 12.1. The van der Waals surface area contributed by atoms with Gasteiger partial charge in [-0.1, -0.05) is 19.8 Å². The van der Waals surface area contributed by atoms with Crippen molar-refractivity contribution in [2.75, 3.05) is 0 Å². The molecule has 0 radical (unpaired) electrons. The lowest BCUT2D eigenvalue weighted by Crippen LogP contribution is -2.43. The van der Waals surface area contributed by atoms with Crippen molar-refractivity contribution < 1.29 is 4.79 Å². The molecule has 1 amide bonds. The van der Waals surface area contributed by atoms with Crippen molar-refractivity contribution in [3.8, 4) is 0 Å². The van der Waals surface area contributed by atoms with E-state index in [9.17, 15) is 9.59 Å². The summed E-state index contributed by atoms with van der Waals surface area (Å²) in [6.07, 6.45) is 10.5. The third-order valence-corrected chi connectivity index (χ3v) is 6.91. The quantitative estimate of drug-likeness (QED) is 0.916. The second kappa shape index (κ2) is 6.90. The number of hydrogen-bond donors (Lipinski definition) is 1. The number of thiophene rings is 1. The van der Waals surface area contributed by atoms with Crippen LogP contribution in [0.1, 0.15) is 55.9 Å². The van der Waals surface area contributed by atoms with Gasteiger partial charge in [-0.2, -0.15) is 0 Å². The topological polar surface area (TPSA) is 64.0 Å². The molecule has 2 heterocycles. The van der Waals surface area contributed by atoms with Crippen LogP contribution in [-0.4, -0.2) is 21.5 Å². The highest BCUT2D eigenvalue weighted by molar-refractivity contribution is 7.18. The number of nitrogens with zero attached hydrogens (tertiary/aromatic N) is 2. The Bertz CT molecular complexity index is 854. The normalized spacial score (nSPS) is 23.4. The number of aromatic nitrogens is 2. The summed E-state index contributed by atoms with van der Waals surface area (Å²) in [5, 5.41) is 3.88. The lowest BCUT2D eigenvalue weighted by Gasteiger charge is -2.29. The molecule has 0 aliphatic heterocycles. The van der Waals surface area contributed by atoms with Gasteiger partial charge in [-0.25, -0.2) is 4.98 Å². The van der Waals surface area contributed by atoms with Gasteiger partial charge in [0.25, 0.3) is 5.56 Å². The fourth-order valence-corrected chi connectivity index (χ4v) is 5.45. The second-order valence-electron chi connectivity index (χ2n) is 7.50. The summed E-state index contributed by atoms with van der Waals surface area (Å²) < 4.78 is 1.48. The monoisotopic (exact) mass is 359 g/mol. The predicted molar refractivity (Wildman–Crippen MR) is 100 cm³/mol. The van der Waals surface area contributed by atoms with Gasteiger partial charge in [-0.15, -0.1) is 11.3 Å². The fraction of sp³-hybridized carbons (Fsp3) is 0.632. The summed E-state index contributed by atoms with van der Waals surface area (Å²) in [5.74, 6) is 0.435. The summed E-state index contributed by atoms with van der Waals surface area (Å²) in [6, 6.07) is 0.238. The predicted octanol–water partition coefficient (Wildman–Crippen LogP) is 3.03. The number of fused-ring (bicyclic) bond motifs is 3. The summed E-state index contributed by atoms with van der Waals surface area (Å²) in [7, 11) is 0. The van der Waals surface area contributed by atoms with E-state index >= 15 is 0 Å². The molecule has 25 heavy (non-hydrogen) atoms. The third-order valence-electron chi connectivity index (χ3n) is 5.71. The third kappa shape index (κ3) is 3.24. The number of rotatable bonds is 3. The van der Waals surface area contributed by atoms with Gasteiger partial charge in [0.15, 0.2) is 0 Å². The Morgan fingerprint density at radius 3 is 2.92 bits per heavy atom. The van der Waals surface area contributed by atoms with Crippen molar-refractivity contribution >= 4 is 27.5 Å². The molecular formula is C19H25N3O2S. The van der Waals surface area contributed by atoms with Gasteiger partial charge in [0.1, 0.15) is 11.4 Å². The summed E-state index contributed by atoms with van der Waals surface area (Å²) in [5.41, 5.74) is 1.12. The molecule has 2 atom stereocenters. The lowest BCUT2D eigenvalue weighted by molar-refractivity contribution is -0.123. The summed E-state index contributed by atoms with van der Waals surface area (Å²) in [4.78, 5) is 31.9. The molecule has 2 aromatic heterocycles. The molecule has 1 fully saturated rings. The van der Waals surface area contributed by atoms with Crippen LogP contribution in [0.15, 0.2) is 11.1 Å². The molecule has 1 saturated carbocycles. The van der Waals surface area contributed by atoms with Crippen molar-refractivity contribution in [2.45, 2.75) is 70.9 Å². The van der Waals surface area contributed by atoms with Gasteiger partial charge in [-0.3, -0.25) is 14.2 Å². The van der Waals surface area contributed by atoms with E-state index in [-0.39, 0.29) is 24.1 Å². The van der Waals surface area contributed by atoms with Crippen LogP contribution in [0.4, 0.5) is 0 Å². The van der Waals surface area contributed by atoms with Crippen LogP contribution in [-0.2, 0) is 24.2 Å². The Morgan fingerprint density at radius 2 is 2.08 bits per heavy atom. The molecule has 2 aliphatic rings. The Balaban J connectivity index is 1.56. The van der Waals surface area contributed by atoms with Crippen molar-refractivity contribution in [2.24, 2.45) is 5.92 Å². The van der Waals surface area contributed by atoms with Crippen molar-refractivity contribution in [3.63, 3.8) is 0 Å². The molecular weight excluding hydrogens is 334 g/mol. The molecule has 6 heteroatoms. The SMILES string of the molecule is C[C@H]1CCCC[C@H]1NC(=O)Cn1cnc2sc3c(c2c1=O)CCCC3. The largest absolute Gasteiger partial charge is 0.352 e. The van der Waals surface area contributed by atoms with E-state index in [1.54, 1.807) is 11.3 Å². The van der Waals surface area contributed by atoms with Gasteiger partial charge in [0.05, 0.1) is 11.7 Å². The van der Waals surface area contributed by atoms with Crippen LogP contribution < -0.4 is 10.9 Å². The van der Waals surface area contributed by atoms with Crippen LogP contribution >= 0.6 is 11.3 Å². The highest BCUT2D eigenvalue weighted by Crippen LogP contribution is 2.33. The minimum Gasteiger partial charge on any atom is -0.352 e. The Labute approximate surface area is 151 Å². The molecule has 2 aliphatic carbocycles. The van der Waals surface area contributed by atoms with E-state index in [1.807, 2.05) is 0 Å². The molecule has 0 saturated heterocycles. The lowest BCUT2D eigenvalue weighted by atomic mass is 9.86. The van der Waals surface area contributed by atoms with E-state index in [4.69, 9.17) is 0 Å². The number of nitrogens with one attached hydrogen (secondary N) is 1. The first-order valence-corrected chi connectivity index (χ1v) is 10.2. The molecule has 0 spiro atoms. The molecule has 0 aromatic carbocycles. The van der Waals surface area contributed by atoms with Crippen molar-refractivity contribution in [3.05, 3.63) is 27.1 Å². The van der Waals surface area contributed by atoms with Crippen molar-refractivity contribution in [1.82, 2.24) is 14.9 Å². The minimum absolute atomic E-state index is 0.0590. The Morgan fingerprint density at radius 1 is 1.28 bits per heavy atom. The number of hydrogen-bond acceptors (Lipinski definition) is 4. The second-order valence-corrected chi connectivity index (χ2v) is 8.59. The average molecular weight is 359 g/mol. The fourth-order valence-electron chi connectivity index (χ4n) is 4.23. The van der Waals surface area contributed by atoms with E-state index < -0.39 is 0 Å². The highest BCUT2D eigenvalue weighted by atomic mass is 32.1. The Kier molecular flexibility index (Phi) is 4.63. The first kappa shape index (κ1) is 16.8. The molecule has 0 unspecified atom stereocenters. The van der Waals surface area contributed by atoms with E-state index in [2.05, 4.69) is 17.2 Å². The van der Waals surface area contributed by atoms with E-state index in [1.165, 1.54) is 47.0 Å². The molecule has 2 aromatic rings. The number of aryl methyl sites for hydroxylation is 2. The Hall–Kier alpha value is -1.69. The standard InChI is InChI=1S/C19H25N3O2S/c1-12-6-2-4-8-14(12)21-16(23)10-22-11-20-18-17(19(22)24)13-7-3-5-9-15(13)25-18/h11-12,14H,2-10H2,1H3,(H,21,23)/t12-,14+/m0/s1. The van der Waals surface area contributed by atoms with Gasteiger partial charge in [-0.05, 0) is 50.0 Å². The smallest absolute Gasteiger partial charge is 0.262 e. The number of amides is 1. The average Bonchev–Trinajstić information content (AvgIpc) is 2.99. The minimum atomic E-state index is -0.0777. The molecule has 5 nitrogen and oxygen atoms in total. The van der Waals surface area contributed by atoms with Gasteiger partial charge >= 0.3 is 0 Å². The van der Waals surface area contributed by atoms with E-state index in [0.717, 1.165) is 35.9 Å². The van der Waals surface area contributed by atoms with Crippen LogP contribution in [0.2, 0.25) is 0 Å². The first-order valence-electron chi connectivity index (χ1n) is 9.42. The van der Waals surface area contributed by atoms with Crippen molar-refractivity contribution in [1.29, 1.82) is 0 Å². The number of carbonyl (C=O) groups excluding carboxylic acids is 1. The van der Waals surface area contributed by atoms with E-state index in [0.29, 0.717) is 5.92 Å². The maximum Gasteiger partial charge on any atom is 0.262 e.